The molecule has 2 aromatic rings. The summed E-state index contributed by atoms with van der Waals surface area (Å²) in [5, 5.41) is 6.04. The highest BCUT2D eigenvalue weighted by molar-refractivity contribution is 6.35. The number of amides is 2. The fourth-order valence-electron chi connectivity index (χ4n) is 1.85. The Balaban J connectivity index is 1.81. The first-order valence-corrected chi connectivity index (χ1v) is 7.35. The van der Waals surface area contributed by atoms with E-state index in [2.05, 4.69) is 10.6 Å². The quantitative estimate of drug-likeness (QED) is 0.880. The molecule has 0 radical (unpaired) electrons. The van der Waals surface area contributed by atoms with Crippen molar-refractivity contribution in [2.24, 2.45) is 0 Å². The number of benzene rings is 2. The van der Waals surface area contributed by atoms with Crippen molar-refractivity contribution in [2.75, 3.05) is 11.9 Å². The van der Waals surface area contributed by atoms with Crippen LogP contribution in [-0.2, 0) is 16.0 Å². The summed E-state index contributed by atoms with van der Waals surface area (Å²) in [4.78, 5) is 23.5. The average Bonchev–Trinajstić information content (AvgIpc) is 2.45. The summed E-state index contributed by atoms with van der Waals surface area (Å²) in [7, 11) is 0. The lowest BCUT2D eigenvalue weighted by molar-refractivity contribution is -0.123. The molecule has 0 bridgehead atoms. The lowest BCUT2D eigenvalue weighted by Crippen LogP contribution is -2.33. The minimum atomic E-state index is -0.347. The molecule has 114 valence electrons. The highest BCUT2D eigenvalue weighted by Crippen LogP contribution is 2.22. The van der Waals surface area contributed by atoms with E-state index in [4.69, 9.17) is 23.2 Å². The maximum Gasteiger partial charge on any atom is 0.243 e. The summed E-state index contributed by atoms with van der Waals surface area (Å²) in [5.74, 6) is -0.565. The van der Waals surface area contributed by atoms with Crippen LogP contribution >= 0.6 is 23.2 Å². The van der Waals surface area contributed by atoms with Gasteiger partial charge in [-0.2, -0.15) is 0 Å². The van der Waals surface area contributed by atoms with Gasteiger partial charge in [0.1, 0.15) is 0 Å². The van der Waals surface area contributed by atoms with Crippen molar-refractivity contribution in [3.8, 4) is 0 Å². The molecule has 22 heavy (non-hydrogen) atoms. The minimum Gasteiger partial charge on any atom is -0.347 e. The van der Waals surface area contributed by atoms with Gasteiger partial charge >= 0.3 is 0 Å². The molecular formula is C16H14Cl2N2O2. The fraction of sp³-hybridized carbons (Fsp3) is 0.125. The van der Waals surface area contributed by atoms with Crippen LogP contribution in [0, 0.1) is 0 Å². The number of hydrogen-bond acceptors (Lipinski definition) is 2. The molecule has 0 unspecified atom stereocenters. The highest BCUT2D eigenvalue weighted by Gasteiger charge is 2.07. The predicted octanol–water partition coefficient (Wildman–Crippen LogP) is 3.29. The van der Waals surface area contributed by atoms with E-state index in [-0.39, 0.29) is 24.8 Å². The van der Waals surface area contributed by atoms with Crippen molar-refractivity contribution in [3.05, 3.63) is 64.1 Å². The number of hydrogen-bond donors (Lipinski definition) is 2. The summed E-state index contributed by atoms with van der Waals surface area (Å²) in [6.45, 7) is -0.115. The standard InChI is InChI=1S/C16H14Cl2N2O2/c17-12-7-13(18)9-14(8-12)20-16(22)10-19-15(21)6-11-4-2-1-3-5-11/h1-5,7-9H,6,10H2,(H,19,21)(H,20,22). The summed E-state index contributed by atoms with van der Waals surface area (Å²) in [5.41, 5.74) is 1.38. The van der Waals surface area contributed by atoms with Crippen molar-refractivity contribution in [1.82, 2.24) is 5.32 Å². The van der Waals surface area contributed by atoms with Gasteiger partial charge in [-0.25, -0.2) is 0 Å². The monoisotopic (exact) mass is 336 g/mol. The van der Waals surface area contributed by atoms with Gasteiger partial charge in [-0.05, 0) is 23.8 Å². The Morgan fingerprint density at radius 1 is 0.909 bits per heavy atom. The van der Waals surface area contributed by atoms with Crippen LogP contribution < -0.4 is 10.6 Å². The summed E-state index contributed by atoms with van der Waals surface area (Å²) < 4.78 is 0. The van der Waals surface area contributed by atoms with Crippen LogP contribution in [0.4, 0.5) is 5.69 Å². The molecule has 2 rings (SSSR count). The van der Waals surface area contributed by atoms with Gasteiger partial charge in [-0.1, -0.05) is 53.5 Å². The zero-order valence-corrected chi connectivity index (χ0v) is 13.1. The molecule has 2 N–H and O–H groups in total. The molecule has 2 amide bonds. The molecule has 2 aromatic carbocycles. The van der Waals surface area contributed by atoms with Gasteiger partial charge in [0.05, 0.1) is 13.0 Å². The summed E-state index contributed by atoms with van der Waals surface area (Å²) in [6, 6.07) is 14.0. The van der Waals surface area contributed by atoms with E-state index in [1.807, 2.05) is 30.3 Å². The molecule has 0 aliphatic carbocycles. The van der Waals surface area contributed by atoms with Crippen LogP contribution in [0.5, 0.6) is 0 Å². The Morgan fingerprint density at radius 3 is 2.18 bits per heavy atom. The molecule has 0 aromatic heterocycles. The molecule has 0 fully saturated rings. The van der Waals surface area contributed by atoms with E-state index in [9.17, 15) is 9.59 Å². The predicted molar refractivity (Wildman–Crippen MR) is 88.2 cm³/mol. The van der Waals surface area contributed by atoms with E-state index < -0.39 is 0 Å². The smallest absolute Gasteiger partial charge is 0.243 e. The van der Waals surface area contributed by atoms with Crippen LogP contribution in [0.25, 0.3) is 0 Å². The van der Waals surface area contributed by atoms with Gasteiger partial charge in [0.15, 0.2) is 0 Å². The van der Waals surface area contributed by atoms with E-state index >= 15 is 0 Å². The summed E-state index contributed by atoms with van der Waals surface area (Å²) in [6.07, 6.45) is 0.233. The normalized spacial score (nSPS) is 10.1. The van der Waals surface area contributed by atoms with Gasteiger partial charge in [0.2, 0.25) is 11.8 Å². The average molecular weight is 337 g/mol. The van der Waals surface area contributed by atoms with Crippen molar-refractivity contribution < 1.29 is 9.59 Å². The van der Waals surface area contributed by atoms with Crippen LogP contribution in [0.2, 0.25) is 10.0 Å². The van der Waals surface area contributed by atoms with E-state index in [1.54, 1.807) is 18.2 Å². The number of anilines is 1. The van der Waals surface area contributed by atoms with Gasteiger partial charge in [0, 0.05) is 15.7 Å². The van der Waals surface area contributed by atoms with Crippen molar-refractivity contribution in [1.29, 1.82) is 0 Å². The Kier molecular flexibility index (Phi) is 5.81. The molecule has 4 nitrogen and oxygen atoms in total. The van der Waals surface area contributed by atoms with Gasteiger partial charge in [0.25, 0.3) is 0 Å². The Morgan fingerprint density at radius 2 is 1.55 bits per heavy atom. The second kappa shape index (κ2) is 7.82. The number of rotatable bonds is 5. The van der Waals surface area contributed by atoms with Crippen molar-refractivity contribution in [2.45, 2.75) is 6.42 Å². The second-order valence-corrected chi connectivity index (χ2v) is 5.52. The maximum atomic E-state index is 11.8. The van der Waals surface area contributed by atoms with Crippen LogP contribution in [-0.4, -0.2) is 18.4 Å². The molecule has 0 saturated carbocycles. The molecule has 0 aliphatic rings. The first-order chi connectivity index (χ1) is 10.5. The Labute approximate surface area is 138 Å². The van der Waals surface area contributed by atoms with E-state index in [0.29, 0.717) is 15.7 Å². The summed E-state index contributed by atoms with van der Waals surface area (Å²) >= 11 is 11.7. The third-order valence-corrected chi connectivity index (χ3v) is 3.24. The molecular weight excluding hydrogens is 323 g/mol. The van der Waals surface area contributed by atoms with Crippen LogP contribution in [0.15, 0.2) is 48.5 Å². The molecule has 0 spiro atoms. The van der Waals surface area contributed by atoms with E-state index in [1.165, 1.54) is 0 Å². The molecule has 0 saturated heterocycles. The number of carbonyl (C=O) groups excluding carboxylic acids is 2. The van der Waals surface area contributed by atoms with Crippen molar-refractivity contribution >= 4 is 40.7 Å². The Hall–Kier alpha value is -2.04. The fourth-order valence-corrected chi connectivity index (χ4v) is 2.38. The van der Waals surface area contributed by atoms with E-state index in [0.717, 1.165) is 5.56 Å². The van der Waals surface area contributed by atoms with Gasteiger partial charge in [-0.15, -0.1) is 0 Å². The zero-order chi connectivity index (χ0) is 15.9. The van der Waals surface area contributed by atoms with Crippen LogP contribution in [0.1, 0.15) is 5.56 Å². The first-order valence-electron chi connectivity index (χ1n) is 6.59. The van der Waals surface area contributed by atoms with Crippen LogP contribution in [0.3, 0.4) is 0 Å². The van der Waals surface area contributed by atoms with Crippen molar-refractivity contribution in [3.63, 3.8) is 0 Å². The second-order valence-electron chi connectivity index (χ2n) is 4.65. The third-order valence-electron chi connectivity index (χ3n) is 2.80. The van der Waals surface area contributed by atoms with Gasteiger partial charge < -0.3 is 10.6 Å². The maximum absolute atomic E-state index is 11.8. The largest absolute Gasteiger partial charge is 0.347 e. The molecule has 6 heteroatoms. The zero-order valence-electron chi connectivity index (χ0n) is 11.6. The number of halogens is 2. The SMILES string of the molecule is O=C(Cc1ccccc1)NCC(=O)Nc1cc(Cl)cc(Cl)c1. The Bertz CT molecular complexity index is 655. The topological polar surface area (TPSA) is 58.2 Å². The first kappa shape index (κ1) is 16.3. The molecule has 0 aliphatic heterocycles. The number of carbonyl (C=O) groups is 2. The lowest BCUT2D eigenvalue weighted by atomic mass is 10.1. The van der Waals surface area contributed by atoms with Gasteiger partial charge in [-0.3, -0.25) is 9.59 Å². The number of nitrogens with one attached hydrogen (secondary N) is 2. The molecule has 0 heterocycles. The minimum absolute atomic E-state index is 0.115. The third kappa shape index (κ3) is 5.39. The molecule has 0 atom stereocenters. The highest BCUT2D eigenvalue weighted by atomic mass is 35.5. The lowest BCUT2D eigenvalue weighted by Gasteiger charge is -2.08.